The van der Waals surface area contributed by atoms with E-state index in [0.717, 1.165) is 16.3 Å². The van der Waals surface area contributed by atoms with Gasteiger partial charge in [0.05, 0.1) is 47.3 Å². The predicted molar refractivity (Wildman–Crippen MR) is 196 cm³/mol. The molecule has 0 aliphatic carbocycles. The third-order valence-electron chi connectivity index (χ3n) is 8.89. The number of hydrogen-bond acceptors (Lipinski definition) is 14. The number of rotatable bonds is 19. The topological polar surface area (TPSA) is 191 Å². The van der Waals surface area contributed by atoms with E-state index in [2.05, 4.69) is 10.3 Å². The zero-order valence-corrected chi connectivity index (χ0v) is 32.3. The third-order valence-corrected chi connectivity index (χ3v) is 11.1. The molecule has 3 aliphatic rings. The summed E-state index contributed by atoms with van der Waals surface area (Å²) in [7, 11) is -1.78. The lowest BCUT2D eigenvalue weighted by molar-refractivity contribution is -0.158. The van der Waals surface area contributed by atoms with Crippen LogP contribution in [0.1, 0.15) is 36.5 Å². The highest BCUT2D eigenvalue weighted by atomic mass is 32.2. The minimum absolute atomic E-state index is 0.0225. The molecule has 2 saturated heterocycles. The van der Waals surface area contributed by atoms with Gasteiger partial charge in [0.15, 0.2) is 17.8 Å². The maximum absolute atomic E-state index is 14.2. The van der Waals surface area contributed by atoms with E-state index in [1.165, 1.54) is 0 Å². The highest BCUT2D eigenvalue weighted by molar-refractivity contribution is 7.82. The second-order valence-corrected chi connectivity index (χ2v) is 16.2. The Bertz CT molecular complexity index is 1810. The standard InChI is InChI=1S/C37H45N3O13S2/c1-22(2)14-40(55(45)27-8-9-30-31(13-27)51-21-50-30)15-32(52-35(43)19-46-18-34(41)42)29(39-37(44)53-33-17-49-36-28(33)10-11-47-36)12-24-4-6-26(7-5-24)48-16-25-20-54-23(3)38-25/h4-9,13,20,22,28-29,32-33,36H,10-12,14-19,21H2,1-3H3,(H,39,44)(H,41,42)/t28?,29-,32?,33?,36+,55?/m0/s1. The predicted octanol–water partition coefficient (Wildman–Crippen LogP) is 3.85. The molecule has 2 aromatic carbocycles. The van der Waals surface area contributed by atoms with E-state index < -0.39 is 66.8 Å². The fraction of sp³-hybridized carbons (Fsp3) is 0.514. The van der Waals surface area contributed by atoms with Crippen molar-refractivity contribution in [3.8, 4) is 17.2 Å². The molecule has 4 unspecified atom stereocenters. The van der Waals surface area contributed by atoms with Gasteiger partial charge in [-0.15, -0.1) is 11.3 Å². The van der Waals surface area contributed by atoms with Crippen LogP contribution in [0.15, 0.2) is 52.7 Å². The van der Waals surface area contributed by atoms with Crippen molar-refractivity contribution in [1.82, 2.24) is 14.6 Å². The molecule has 55 heavy (non-hydrogen) atoms. The van der Waals surface area contributed by atoms with E-state index in [1.54, 1.807) is 46.0 Å². The van der Waals surface area contributed by atoms with Gasteiger partial charge in [-0.2, -0.15) is 0 Å². The van der Waals surface area contributed by atoms with Crippen molar-refractivity contribution in [1.29, 1.82) is 0 Å². The number of hydrogen-bond donors (Lipinski definition) is 2. The van der Waals surface area contributed by atoms with Crippen molar-refractivity contribution in [2.45, 2.75) is 69.7 Å². The maximum Gasteiger partial charge on any atom is 0.407 e. The van der Waals surface area contributed by atoms with Gasteiger partial charge < -0.3 is 48.3 Å². The van der Waals surface area contributed by atoms with Crippen LogP contribution in [0.4, 0.5) is 4.79 Å². The molecule has 16 nitrogen and oxygen atoms in total. The Balaban J connectivity index is 1.26. The molecule has 1 aromatic heterocycles. The summed E-state index contributed by atoms with van der Waals surface area (Å²) in [5.74, 6) is -0.630. The number of nitrogens with one attached hydrogen (secondary N) is 1. The number of aryl methyl sites for hydroxylation is 1. The molecule has 0 bridgehead atoms. The van der Waals surface area contributed by atoms with E-state index in [9.17, 15) is 18.6 Å². The van der Waals surface area contributed by atoms with Crippen LogP contribution in [-0.2, 0) is 57.3 Å². The van der Waals surface area contributed by atoms with Crippen molar-refractivity contribution in [3.63, 3.8) is 0 Å². The van der Waals surface area contributed by atoms with Crippen molar-refractivity contribution in [3.05, 3.63) is 64.1 Å². The number of aliphatic carboxylic acids is 1. The van der Waals surface area contributed by atoms with Gasteiger partial charge in [0.25, 0.3) is 0 Å². The number of alkyl carbamates (subject to hydrolysis) is 1. The van der Waals surface area contributed by atoms with Crippen LogP contribution in [0.2, 0.25) is 0 Å². The summed E-state index contributed by atoms with van der Waals surface area (Å²) >= 11 is 1.54. The first-order valence-corrected chi connectivity index (χ1v) is 19.9. The number of aromatic nitrogens is 1. The summed E-state index contributed by atoms with van der Waals surface area (Å²) in [4.78, 5) is 42.8. The zero-order valence-electron chi connectivity index (χ0n) is 30.7. The average Bonchev–Trinajstić information content (AvgIpc) is 3.97. The number of amides is 1. The molecule has 6 atom stereocenters. The van der Waals surface area contributed by atoms with Gasteiger partial charge in [0.1, 0.15) is 48.8 Å². The molecule has 2 N–H and O–H groups in total. The summed E-state index contributed by atoms with van der Waals surface area (Å²) in [6, 6.07) is 11.3. The average molecular weight is 804 g/mol. The lowest BCUT2D eigenvalue weighted by Crippen LogP contribution is -2.53. The minimum Gasteiger partial charge on any atom is -0.487 e. The Morgan fingerprint density at radius 3 is 2.62 bits per heavy atom. The number of carboxylic acids is 1. The van der Waals surface area contributed by atoms with Crippen LogP contribution in [0.3, 0.4) is 0 Å². The quantitative estimate of drug-likeness (QED) is 0.166. The lowest BCUT2D eigenvalue weighted by atomic mass is 10.0. The van der Waals surface area contributed by atoms with Crippen molar-refractivity contribution in [2.24, 2.45) is 11.8 Å². The Morgan fingerprint density at radius 2 is 1.87 bits per heavy atom. The first kappa shape index (κ1) is 40.3. The SMILES string of the molecule is Cc1nc(COc2ccc(C[C@H](NC(=O)OC3CO[C@H]4OCCC34)C(CN(CC(C)C)S(=O)c3ccc4c(c3)OCO4)OC(=O)COCC(=O)O)cc2)cs1. The Morgan fingerprint density at radius 1 is 1.07 bits per heavy atom. The number of carboxylic acid groups (broad SMARTS) is 1. The van der Waals surface area contributed by atoms with Crippen molar-refractivity contribution < 1.29 is 61.6 Å². The molecule has 6 rings (SSSR count). The van der Waals surface area contributed by atoms with Crippen LogP contribution < -0.4 is 19.5 Å². The van der Waals surface area contributed by atoms with Crippen LogP contribution in [-0.4, -0.2) is 107 Å². The summed E-state index contributed by atoms with van der Waals surface area (Å²) in [5, 5.41) is 14.8. The van der Waals surface area contributed by atoms with E-state index in [-0.39, 0.29) is 38.2 Å². The molecule has 3 aliphatic heterocycles. The molecular formula is C37H45N3O13S2. The van der Waals surface area contributed by atoms with Crippen molar-refractivity contribution in [2.75, 3.05) is 46.3 Å². The van der Waals surface area contributed by atoms with Crippen LogP contribution in [0.5, 0.6) is 17.2 Å². The first-order valence-electron chi connectivity index (χ1n) is 17.9. The molecule has 2 fully saturated rings. The van der Waals surface area contributed by atoms with E-state index in [1.807, 2.05) is 38.3 Å². The van der Waals surface area contributed by atoms with Gasteiger partial charge in [0.2, 0.25) is 6.79 Å². The number of fused-ring (bicyclic) bond motifs is 2. The minimum atomic E-state index is -1.78. The highest BCUT2D eigenvalue weighted by Gasteiger charge is 2.44. The molecule has 0 spiro atoms. The van der Waals surface area contributed by atoms with Gasteiger partial charge in [-0.3, -0.25) is 0 Å². The van der Waals surface area contributed by atoms with Gasteiger partial charge in [0, 0.05) is 18.0 Å². The second-order valence-electron chi connectivity index (χ2n) is 13.6. The number of carbonyl (C=O) groups excluding carboxylic acids is 2. The Hall–Kier alpha value is -4.33. The second kappa shape index (κ2) is 19.0. The normalized spacial score (nSPS) is 20.2. The smallest absolute Gasteiger partial charge is 0.407 e. The fourth-order valence-electron chi connectivity index (χ4n) is 6.38. The van der Waals surface area contributed by atoms with Gasteiger partial charge in [-0.1, -0.05) is 26.0 Å². The molecule has 0 saturated carbocycles. The maximum atomic E-state index is 14.2. The third kappa shape index (κ3) is 11.4. The molecule has 0 radical (unpaired) electrons. The zero-order chi connectivity index (χ0) is 38.9. The fourth-order valence-corrected chi connectivity index (χ4v) is 8.38. The van der Waals surface area contributed by atoms with Gasteiger partial charge >= 0.3 is 18.0 Å². The summed E-state index contributed by atoms with van der Waals surface area (Å²) in [6.45, 7) is 5.69. The Labute approximate surface area is 324 Å². The molecule has 298 valence electrons. The first-order chi connectivity index (χ1) is 26.5. The lowest BCUT2D eigenvalue weighted by Gasteiger charge is -2.33. The van der Waals surface area contributed by atoms with Crippen molar-refractivity contribution >= 4 is 40.4 Å². The largest absolute Gasteiger partial charge is 0.487 e. The van der Waals surface area contributed by atoms with Crippen LogP contribution >= 0.6 is 11.3 Å². The monoisotopic (exact) mass is 803 g/mol. The molecule has 1 amide bonds. The molecular weight excluding hydrogens is 759 g/mol. The number of ether oxygens (including phenoxy) is 8. The van der Waals surface area contributed by atoms with Crippen LogP contribution in [0.25, 0.3) is 0 Å². The van der Waals surface area contributed by atoms with Gasteiger partial charge in [-0.25, -0.2) is 27.9 Å². The highest BCUT2D eigenvalue weighted by Crippen LogP contribution is 2.35. The molecule has 3 aromatic rings. The van der Waals surface area contributed by atoms with E-state index >= 15 is 0 Å². The number of benzene rings is 2. The summed E-state index contributed by atoms with van der Waals surface area (Å²) < 4.78 is 60.9. The number of thiazole rings is 1. The molecule has 4 heterocycles. The van der Waals surface area contributed by atoms with Crippen LogP contribution in [0, 0.1) is 18.8 Å². The van der Waals surface area contributed by atoms with E-state index in [4.69, 9.17) is 43.0 Å². The molecule has 18 heteroatoms. The number of esters is 1. The Kier molecular flexibility index (Phi) is 13.9. The van der Waals surface area contributed by atoms with Gasteiger partial charge in [-0.05, 0) is 55.5 Å². The summed E-state index contributed by atoms with van der Waals surface area (Å²) in [5.41, 5.74) is 1.57. The number of nitrogens with zero attached hydrogens (tertiary/aromatic N) is 2. The number of carbonyl (C=O) groups is 3. The summed E-state index contributed by atoms with van der Waals surface area (Å²) in [6.07, 6.45) is -2.06. The van der Waals surface area contributed by atoms with E-state index in [0.29, 0.717) is 48.3 Å².